The van der Waals surface area contributed by atoms with E-state index in [1.807, 2.05) is 6.92 Å². The Morgan fingerprint density at radius 3 is 2.14 bits per heavy atom. The van der Waals surface area contributed by atoms with Gasteiger partial charge in [-0.3, -0.25) is 14.7 Å². The third kappa shape index (κ3) is 7.90. The molecule has 124 valence electrons. The van der Waals surface area contributed by atoms with Crippen LogP contribution in [0.3, 0.4) is 0 Å². The first-order valence-electron chi connectivity index (χ1n) is 7.61. The Labute approximate surface area is 129 Å². The van der Waals surface area contributed by atoms with Crippen molar-refractivity contribution >= 4 is 11.9 Å². The minimum atomic E-state index is -0.219. The number of methoxy groups -OCH3 is 1. The molecule has 0 aliphatic carbocycles. The van der Waals surface area contributed by atoms with Crippen molar-refractivity contribution in [3.8, 4) is 0 Å². The third-order valence-corrected chi connectivity index (χ3v) is 3.39. The zero-order valence-corrected chi connectivity index (χ0v) is 14.6. The summed E-state index contributed by atoms with van der Waals surface area (Å²) in [5.41, 5.74) is 0. The molecule has 0 aliphatic rings. The molecule has 0 aliphatic heterocycles. The Hall–Kier alpha value is -1.30. The molecular weight excluding hydrogens is 268 g/mol. The molecule has 0 bridgehead atoms. The average molecular weight is 300 g/mol. The van der Waals surface area contributed by atoms with Gasteiger partial charge in [0.2, 0.25) is 0 Å². The molecular formula is C15H32N4O2. The molecule has 0 fully saturated rings. The number of hydrogen-bond acceptors (Lipinski definition) is 4. The Morgan fingerprint density at radius 2 is 1.71 bits per heavy atom. The minimum absolute atomic E-state index is 0.198. The lowest BCUT2D eigenvalue weighted by Gasteiger charge is -2.30. The van der Waals surface area contributed by atoms with E-state index < -0.39 is 0 Å². The number of rotatable bonds is 8. The van der Waals surface area contributed by atoms with E-state index in [-0.39, 0.29) is 11.9 Å². The topological polar surface area (TPSA) is 66.0 Å². The van der Waals surface area contributed by atoms with Gasteiger partial charge < -0.3 is 15.4 Å². The summed E-state index contributed by atoms with van der Waals surface area (Å²) in [6.07, 6.45) is 0. The van der Waals surface area contributed by atoms with Gasteiger partial charge in [-0.25, -0.2) is 0 Å². The van der Waals surface area contributed by atoms with Gasteiger partial charge in [-0.15, -0.1) is 0 Å². The van der Waals surface area contributed by atoms with Crippen LogP contribution in [0.1, 0.15) is 34.6 Å². The monoisotopic (exact) mass is 300 g/mol. The van der Waals surface area contributed by atoms with E-state index in [0.29, 0.717) is 24.6 Å². The van der Waals surface area contributed by atoms with Crippen LogP contribution in [0.5, 0.6) is 0 Å². The maximum absolute atomic E-state index is 11.3. The Morgan fingerprint density at radius 1 is 1.14 bits per heavy atom. The first-order valence-corrected chi connectivity index (χ1v) is 7.61. The molecule has 0 aromatic carbocycles. The van der Waals surface area contributed by atoms with Gasteiger partial charge in [0.1, 0.15) is 0 Å². The van der Waals surface area contributed by atoms with Crippen molar-refractivity contribution in [2.75, 3.05) is 33.8 Å². The van der Waals surface area contributed by atoms with Gasteiger partial charge in [0.15, 0.2) is 5.96 Å². The first-order chi connectivity index (χ1) is 9.83. The fourth-order valence-corrected chi connectivity index (χ4v) is 2.17. The highest BCUT2D eigenvalue weighted by atomic mass is 16.5. The van der Waals surface area contributed by atoms with Crippen LogP contribution in [0.4, 0.5) is 0 Å². The molecule has 6 nitrogen and oxygen atoms in total. The standard InChI is InChI=1S/C15H32N4O2/c1-11(2)19(12(3)4)9-8-17-15(16-6)18-10-13(5)14(20)21-7/h11-13H,8-10H2,1-7H3,(H2,16,17,18). The number of nitrogens with zero attached hydrogens (tertiary/aromatic N) is 2. The van der Waals surface area contributed by atoms with E-state index in [1.54, 1.807) is 7.05 Å². The van der Waals surface area contributed by atoms with Gasteiger partial charge in [-0.2, -0.15) is 0 Å². The Kier molecular flexibility index (Phi) is 9.78. The Balaban J connectivity index is 4.14. The second kappa shape index (κ2) is 10.4. The molecule has 0 amide bonds. The number of nitrogens with one attached hydrogen (secondary N) is 2. The molecule has 0 aromatic heterocycles. The summed E-state index contributed by atoms with van der Waals surface area (Å²) in [6, 6.07) is 1.03. The second-order valence-electron chi connectivity index (χ2n) is 5.73. The molecule has 0 spiro atoms. The molecule has 0 saturated heterocycles. The number of carbonyl (C=O) groups excluding carboxylic acids is 1. The Bertz CT molecular complexity index is 322. The third-order valence-electron chi connectivity index (χ3n) is 3.39. The summed E-state index contributed by atoms with van der Waals surface area (Å²) >= 11 is 0. The molecule has 2 N–H and O–H groups in total. The maximum Gasteiger partial charge on any atom is 0.310 e. The molecule has 0 saturated carbocycles. The predicted molar refractivity (Wildman–Crippen MR) is 87.5 cm³/mol. The van der Waals surface area contributed by atoms with E-state index >= 15 is 0 Å². The van der Waals surface area contributed by atoms with Crippen molar-refractivity contribution in [1.82, 2.24) is 15.5 Å². The molecule has 1 atom stereocenters. The predicted octanol–water partition coefficient (Wildman–Crippen LogP) is 1.08. The van der Waals surface area contributed by atoms with Crippen LogP contribution in [-0.4, -0.2) is 62.7 Å². The number of aliphatic imine (C=N–C) groups is 1. The lowest BCUT2D eigenvalue weighted by molar-refractivity contribution is -0.144. The van der Waals surface area contributed by atoms with Crippen LogP contribution in [-0.2, 0) is 9.53 Å². The number of ether oxygens (including phenoxy) is 1. The summed E-state index contributed by atoms with van der Waals surface area (Å²) in [5, 5.41) is 6.40. The van der Waals surface area contributed by atoms with E-state index in [0.717, 1.165) is 13.1 Å². The second-order valence-corrected chi connectivity index (χ2v) is 5.73. The maximum atomic E-state index is 11.3. The first kappa shape index (κ1) is 19.7. The molecule has 0 rings (SSSR count). The van der Waals surface area contributed by atoms with E-state index in [4.69, 9.17) is 4.74 Å². The molecule has 0 aromatic rings. The number of guanidine groups is 1. The highest BCUT2D eigenvalue weighted by Gasteiger charge is 2.14. The van der Waals surface area contributed by atoms with Gasteiger partial charge in [0.05, 0.1) is 13.0 Å². The number of carbonyl (C=O) groups is 1. The van der Waals surface area contributed by atoms with Crippen molar-refractivity contribution in [3.05, 3.63) is 0 Å². The van der Waals surface area contributed by atoms with E-state index in [2.05, 4.69) is 48.2 Å². The smallest absolute Gasteiger partial charge is 0.310 e. The van der Waals surface area contributed by atoms with Crippen molar-refractivity contribution in [1.29, 1.82) is 0 Å². The quantitative estimate of drug-likeness (QED) is 0.399. The number of hydrogen-bond donors (Lipinski definition) is 2. The normalized spacial score (nSPS) is 13.7. The summed E-state index contributed by atoms with van der Waals surface area (Å²) in [7, 11) is 3.12. The minimum Gasteiger partial charge on any atom is -0.469 e. The largest absolute Gasteiger partial charge is 0.469 e. The lowest BCUT2D eigenvalue weighted by Crippen LogP contribution is -2.46. The van der Waals surface area contributed by atoms with Crippen molar-refractivity contribution < 1.29 is 9.53 Å². The summed E-state index contributed by atoms with van der Waals surface area (Å²) in [4.78, 5) is 17.9. The zero-order valence-electron chi connectivity index (χ0n) is 14.6. The van der Waals surface area contributed by atoms with Crippen molar-refractivity contribution in [2.45, 2.75) is 46.7 Å². The summed E-state index contributed by atoms with van der Waals surface area (Å²) < 4.78 is 4.70. The highest BCUT2D eigenvalue weighted by molar-refractivity contribution is 5.80. The van der Waals surface area contributed by atoms with E-state index in [9.17, 15) is 4.79 Å². The van der Waals surface area contributed by atoms with Crippen LogP contribution in [0, 0.1) is 5.92 Å². The van der Waals surface area contributed by atoms with Gasteiger partial charge in [-0.1, -0.05) is 6.92 Å². The fourth-order valence-electron chi connectivity index (χ4n) is 2.17. The van der Waals surface area contributed by atoms with Crippen LogP contribution >= 0.6 is 0 Å². The van der Waals surface area contributed by atoms with Crippen LogP contribution in [0.25, 0.3) is 0 Å². The molecule has 6 heteroatoms. The summed E-state index contributed by atoms with van der Waals surface area (Å²) in [6.45, 7) is 12.9. The van der Waals surface area contributed by atoms with Crippen LogP contribution in [0.2, 0.25) is 0 Å². The van der Waals surface area contributed by atoms with Gasteiger partial charge in [0, 0.05) is 38.8 Å². The number of esters is 1. The molecule has 0 heterocycles. The van der Waals surface area contributed by atoms with Crippen molar-refractivity contribution in [2.24, 2.45) is 10.9 Å². The van der Waals surface area contributed by atoms with Gasteiger partial charge in [-0.05, 0) is 27.7 Å². The van der Waals surface area contributed by atoms with Gasteiger partial charge in [0.25, 0.3) is 0 Å². The summed E-state index contributed by atoms with van der Waals surface area (Å²) in [5.74, 6) is 0.290. The fraction of sp³-hybridized carbons (Fsp3) is 0.867. The molecule has 1 unspecified atom stereocenters. The van der Waals surface area contributed by atoms with E-state index in [1.165, 1.54) is 7.11 Å². The zero-order chi connectivity index (χ0) is 16.4. The lowest BCUT2D eigenvalue weighted by atomic mass is 10.2. The SMILES string of the molecule is CN=C(NCCN(C(C)C)C(C)C)NCC(C)C(=O)OC. The van der Waals surface area contributed by atoms with Gasteiger partial charge >= 0.3 is 5.97 Å². The van der Waals surface area contributed by atoms with Crippen LogP contribution in [0.15, 0.2) is 4.99 Å². The highest BCUT2D eigenvalue weighted by Crippen LogP contribution is 2.03. The molecule has 0 radical (unpaired) electrons. The van der Waals surface area contributed by atoms with Crippen LogP contribution < -0.4 is 10.6 Å². The van der Waals surface area contributed by atoms with Crippen molar-refractivity contribution in [3.63, 3.8) is 0 Å². The molecule has 21 heavy (non-hydrogen) atoms. The average Bonchev–Trinajstić information content (AvgIpc) is 2.44.